The Balaban J connectivity index is 1.51. The number of aromatic nitrogens is 3. The van der Waals surface area contributed by atoms with Crippen LogP contribution in [0.2, 0.25) is 0 Å². The molecular weight excluding hydrogens is 452 g/mol. The van der Waals surface area contributed by atoms with Crippen LogP contribution in [0.4, 0.5) is 5.69 Å². The molecule has 1 amide bonds. The van der Waals surface area contributed by atoms with Gasteiger partial charge in [-0.3, -0.25) is 4.79 Å². The predicted molar refractivity (Wildman–Crippen MR) is 132 cm³/mol. The van der Waals surface area contributed by atoms with E-state index < -0.39 is 16.1 Å². The SMILES string of the molecule is CCCn1nnc2cc(S(=O)(=O)N3CCCC[C@@H]3C(=O)NCc3ccc(N(C)C)cc3)ccc21. The third-order valence-electron chi connectivity index (χ3n) is 6.20. The summed E-state index contributed by atoms with van der Waals surface area (Å²) in [5.41, 5.74) is 3.37. The fraction of sp³-hybridized carbons (Fsp3) is 0.458. The third kappa shape index (κ3) is 4.92. The predicted octanol–water partition coefficient (Wildman–Crippen LogP) is 2.77. The van der Waals surface area contributed by atoms with Gasteiger partial charge in [0.15, 0.2) is 0 Å². The van der Waals surface area contributed by atoms with Crippen LogP contribution in [0.5, 0.6) is 0 Å². The average molecular weight is 485 g/mol. The first-order chi connectivity index (χ1) is 16.3. The molecule has 1 saturated heterocycles. The molecule has 1 fully saturated rings. The lowest BCUT2D eigenvalue weighted by Gasteiger charge is -2.33. The number of rotatable bonds is 8. The van der Waals surface area contributed by atoms with Crippen molar-refractivity contribution in [3.63, 3.8) is 0 Å². The summed E-state index contributed by atoms with van der Waals surface area (Å²) < 4.78 is 30.2. The van der Waals surface area contributed by atoms with E-state index in [1.807, 2.05) is 50.2 Å². The number of fused-ring (bicyclic) bond motifs is 1. The van der Waals surface area contributed by atoms with Gasteiger partial charge in [0.2, 0.25) is 15.9 Å². The Kier molecular flexibility index (Phi) is 7.18. The first-order valence-corrected chi connectivity index (χ1v) is 13.1. The molecule has 9 nitrogen and oxygen atoms in total. The summed E-state index contributed by atoms with van der Waals surface area (Å²) in [5.74, 6) is -0.269. The fourth-order valence-electron chi connectivity index (χ4n) is 4.30. The van der Waals surface area contributed by atoms with Gasteiger partial charge in [-0.2, -0.15) is 4.31 Å². The number of anilines is 1. The number of sulfonamides is 1. The maximum absolute atomic E-state index is 13.5. The van der Waals surface area contributed by atoms with Gasteiger partial charge in [0.1, 0.15) is 11.6 Å². The lowest BCUT2D eigenvalue weighted by Crippen LogP contribution is -2.51. The van der Waals surface area contributed by atoms with Crippen molar-refractivity contribution in [1.29, 1.82) is 0 Å². The summed E-state index contributed by atoms with van der Waals surface area (Å²) >= 11 is 0. The molecule has 0 saturated carbocycles. The lowest BCUT2D eigenvalue weighted by atomic mass is 10.0. The highest BCUT2D eigenvalue weighted by Gasteiger charge is 2.37. The van der Waals surface area contributed by atoms with Gasteiger partial charge < -0.3 is 10.2 Å². The van der Waals surface area contributed by atoms with Gasteiger partial charge in [-0.15, -0.1) is 5.10 Å². The van der Waals surface area contributed by atoms with Crippen LogP contribution in [0.3, 0.4) is 0 Å². The van der Waals surface area contributed by atoms with E-state index >= 15 is 0 Å². The Bertz CT molecular complexity index is 1250. The molecule has 0 unspecified atom stereocenters. The highest BCUT2D eigenvalue weighted by atomic mass is 32.2. The molecule has 1 aromatic heterocycles. The summed E-state index contributed by atoms with van der Waals surface area (Å²) in [6.45, 7) is 3.43. The van der Waals surface area contributed by atoms with Crippen molar-refractivity contribution in [2.75, 3.05) is 25.5 Å². The van der Waals surface area contributed by atoms with Crippen molar-refractivity contribution in [2.45, 2.75) is 56.6 Å². The quantitative estimate of drug-likeness (QED) is 0.528. The van der Waals surface area contributed by atoms with Crippen LogP contribution in [-0.4, -0.2) is 60.3 Å². The molecule has 2 heterocycles. The molecule has 0 bridgehead atoms. The molecule has 0 radical (unpaired) electrons. The number of hydrogen-bond donors (Lipinski definition) is 1. The second-order valence-corrected chi connectivity index (χ2v) is 10.8. The molecule has 1 aliphatic rings. The summed E-state index contributed by atoms with van der Waals surface area (Å²) in [7, 11) is 0.0855. The van der Waals surface area contributed by atoms with Crippen molar-refractivity contribution in [3.8, 4) is 0 Å². The number of amides is 1. The summed E-state index contributed by atoms with van der Waals surface area (Å²) in [6, 6.07) is 12.1. The molecule has 1 atom stereocenters. The average Bonchev–Trinajstić information content (AvgIpc) is 3.25. The zero-order chi connectivity index (χ0) is 24.3. The van der Waals surface area contributed by atoms with Crippen LogP contribution in [0, 0.1) is 0 Å². The number of benzene rings is 2. The molecular formula is C24H32N6O3S. The molecule has 1 N–H and O–H groups in total. The maximum Gasteiger partial charge on any atom is 0.243 e. The van der Waals surface area contributed by atoms with Gasteiger partial charge >= 0.3 is 0 Å². The molecule has 182 valence electrons. The van der Waals surface area contributed by atoms with E-state index in [1.165, 1.54) is 4.31 Å². The highest BCUT2D eigenvalue weighted by molar-refractivity contribution is 7.89. The second kappa shape index (κ2) is 10.1. The van der Waals surface area contributed by atoms with E-state index in [0.29, 0.717) is 25.0 Å². The first-order valence-electron chi connectivity index (χ1n) is 11.7. The zero-order valence-electron chi connectivity index (χ0n) is 19.9. The minimum absolute atomic E-state index is 0.141. The Hall–Kier alpha value is -2.98. The molecule has 2 aromatic carbocycles. The van der Waals surface area contributed by atoms with Crippen molar-refractivity contribution < 1.29 is 13.2 Å². The number of piperidine rings is 1. The van der Waals surface area contributed by atoms with E-state index in [9.17, 15) is 13.2 Å². The van der Waals surface area contributed by atoms with Crippen molar-refractivity contribution in [3.05, 3.63) is 48.0 Å². The lowest BCUT2D eigenvalue weighted by molar-refractivity contribution is -0.125. The minimum atomic E-state index is -3.86. The number of nitrogens with zero attached hydrogens (tertiary/aromatic N) is 5. The number of carbonyl (C=O) groups is 1. The van der Waals surface area contributed by atoms with Crippen LogP contribution in [0.1, 0.15) is 38.2 Å². The standard InChI is InChI=1S/C24H32N6O3S/c1-4-14-29-22-13-12-20(16-21(22)26-27-29)34(32,33)30-15-6-5-7-23(30)24(31)25-17-18-8-10-19(11-9-18)28(2)3/h8-13,16,23H,4-7,14-15,17H2,1-3H3,(H,25,31)/t23-/m1/s1. The van der Waals surface area contributed by atoms with E-state index in [2.05, 4.69) is 15.6 Å². The van der Waals surface area contributed by atoms with E-state index in [0.717, 1.165) is 42.6 Å². The summed E-state index contributed by atoms with van der Waals surface area (Å²) in [6.07, 6.45) is 2.94. The Morgan fingerprint density at radius 2 is 1.91 bits per heavy atom. The minimum Gasteiger partial charge on any atom is -0.378 e. The van der Waals surface area contributed by atoms with Gasteiger partial charge in [-0.05, 0) is 55.2 Å². The molecule has 1 aliphatic heterocycles. The molecule has 0 spiro atoms. The van der Waals surface area contributed by atoms with Crippen LogP contribution < -0.4 is 10.2 Å². The second-order valence-electron chi connectivity index (χ2n) is 8.87. The highest BCUT2D eigenvalue weighted by Crippen LogP contribution is 2.27. The number of nitrogens with one attached hydrogen (secondary N) is 1. The smallest absolute Gasteiger partial charge is 0.243 e. The summed E-state index contributed by atoms with van der Waals surface area (Å²) in [4.78, 5) is 15.2. The Labute approximate surface area is 200 Å². The van der Waals surface area contributed by atoms with Crippen molar-refractivity contribution in [2.24, 2.45) is 0 Å². The van der Waals surface area contributed by atoms with E-state index in [4.69, 9.17) is 0 Å². The van der Waals surface area contributed by atoms with Gasteiger partial charge in [0.25, 0.3) is 0 Å². The largest absolute Gasteiger partial charge is 0.378 e. The number of aryl methyl sites for hydroxylation is 1. The molecule has 0 aliphatic carbocycles. The van der Waals surface area contributed by atoms with E-state index in [1.54, 1.807) is 22.9 Å². The van der Waals surface area contributed by atoms with Crippen LogP contribution in [0.15, 0.2) is 47.4 Å². The van der Waals surface area contributed by atoms with Crippen molar-refractivity contribution >= 4 is 32.7 Å². The summed E-state index contributed by atoms with van der Waals surface area (Å²) in [5, 5.41) is 11.2. The molecule has 34 heavy (non-hydrogen) atoms. The molecule has 4 rings (SSSR count). The van der Waals surface area contributed by atoms with Gasteiger partial charge in [0, 0.05) is 39.4 Å². The molecule has 3 aromatic rings. The van der Waals surface area contributed by atoms with Gasteiger partial charge in [-0.1, -0.05) is 30.7 Å². The first kappa shape index (κ1) is 24.2. The van der Waals surface area contributed by atoms with Crippen LogP contribution in [0.25, 0.3) is 11.0 Å². The topological polar surface area (TPSA) is 100 Å². The fourth-order valence-corrected chi connectivity index (χ4v) is 5.98. The van der Waals surface area contributed by atoms with Crippen LogP contribution >= 0.6 is 0 Å². The van der Waals surface area contributed by atoms with Crippen molar-refractivity contribution in [1.82, 2.24) is 24.6 Å². The van der Waals surface area contributed by atoms with Gasteiger partial charge in [-0.25, -0.2) is 13.1 Å². The maximum atomic E-state index is 13.5. The Morgan fingerprint density at radius 3 is 2.62 bits per heavy atom. The zero-order valence-corrected chi connectivity index (χ0v) is 20.8. The van der Waals surface area contributed by atoms with Gasteiger partial charge in [0.05, 0.1) is 10.4 Å². The molecule has 10 heteroatoms. The normalized spacial score (nSPS) is 17.1. The third-order valence-corrected chi connectivity index (χ3v) is 8.11. The number of carbonyl (C=O) groups excluding carboxylic acids is 1. The van der Waals surface area contributed by atoms with Crippen LogP contribution in [-0.2, 0) is 27.9 Å². The monoisotopic (exact) mass is 484 g/mol. The number of hydrogen-bond acceptors (Lipinski definition) is 6. The van der Waals surface area contributed by atoms with E-state index in [-0.39, 0.29) is 10.8 Å². The Morgan fingerprint density at radius 1 is 1.15 bits per heavy atom.